The fourth-order valence-corrected chi connectivity index (χ4v) is 13.1. The third-order valence-corrected chi connectivity index (χ3v) is 18.7. The van der Waals surface area contributed by atoms with Crippen molar-refractivity contribution in [3.8, 4) is 23.0 Å². The van der Waals surface area contributed by atoms with E-state index in [0.717, 1.165) is 0 Å². The first-order chi connectivity index (χ1) is 34.9. The molecule has 4 atom stereocenters. The minimum absolute atomic E-state index is 0.0530. The molecule has 0 saturated carbocycles. The van der Waals surface area contributed by atoms with Crippen molar-refractivity contribution in [2.24, 2.45) is 0 Å². The van der Waals surface area contributed by atoms with Gasteiger partial charge >= 0.3 is 30.4 Å². The number of hydrogen-bond donors (Lipinski definition) is 4. The molecule has 0 fully saturated rings. The van der Waals surface area contributed by atoms with Crippen molar-refractivity contribution in [3.05, 3.63) is 154 Å². The topological polar surface area (TPSA) is 249 Å². The number of benzene rings is 4. The van der Waals surface area contributed by atoms with Gasteiger partial charge in [-0.15, -0.1) is 0 Å². The molecule has 396 valence electrons. The third kappa shape index (κ3) is 12.8. The molecule has 4 aromatic carbocycles. The summed E-state index contributed by atoms with van der Waals surface area (Å²) in [7, 11) is -18.0. The van der Waals surface area contributed by atoms with E-state index in [1.165, 1.54) is 24.3 Å². The maximum absolute atomic E-state index is 13.9. The molecular weight excluding hydrogens is 1030 g/mol. The standard InChI is InChI=1S/C52H62N2O16P4/c1-9-67-71(55,56)47-27-35-19-23-43(47)63-31-39-15-13-16-40(53-39)32-64-45-25-21-37(29-49(45)73(59,60)69-11-3)52(7,8)38-22-26-46(50(30-38)74(61,62)70-12-4)66-34-42-18-14-17-41(54-42)33-65-44-24-20-36(51(35,5)6)28-48(44)72(57,58)68-10-2/h13-30H,9-12,31-34H2,1-8H3,(H,55,56)(H,57,58)(H,59,60)(H,61,62). The molecule has 74 heavy (non-hydrogen) atoms. The molecule has 4 unspecified atom stereocenters. The maximum Gasteiger partial charge on any atom is 0.362 e. The van der Waals surface area contributed by atoms with Gasteiger partial charge in [-0.2, -0.15) is 0 Å². The summed E-state index contributed by atoms with van der Waals surface area (Å²) in [5.74, 6) is 0.212. The van der Waals surface area contributed by atoms with Crippen molar-refractivity contribution >= 4 is 51.6 Å². The van der Waals surface area contributed by atoms with Crippen molar-refractivity contribution < 1.29 is 74.9 Å². The Labute approximate surface area is 431 Å². The van der Waals surface area contributed by atoms with Gasteiger partial charge < -0.3 is 56.6 Å². The number of ether oxygens (including phenoxy) is 4. The van der Waals surface area contributed by atoms with Crippen molar-refractivity contribution in [1.29, 1.82) is 0 Å². The largest absolute Gasteiger partial charge is 0.486 e. The highest BCUT2D eigenvalue weighted by atomic mass is 31.2. The van der Waals surface area contributed by atoms with Gasteiger partial charge in [0.2, 0.25) is 0 Å². The summed E-state index contributed by atoms with van der Waals surface area (Å²) in [5.41, 5.74) is 1.90. The van der Waals surface area contributed by atoms with E-state index < -0.39 is 41.2 Å². The molecule has 10 aliphatic heterocycles. The lowest BCUT2D eigenvalue weighted by molar-refractivity contribution is 0.274. The van der Waals surface area contributed by atoms with Crippen molar-refractivity contribution in [2.45, 2.75) is 92.6 Å². The minimum atomic E-state index is -4.49. The number of hydrogen-bond acceptors (Lipinski definition) is 14. The SMILES string of the molecule is CCOP(=O)(O)c1cc2ccc1OCc1cccc(n1)COc1ccc(cc1P(=O)(O)OCC)C(C)(C)c1ccc(c(P(=O)(O)OCC)c1)OCc1cccc(n1)COc1ccc(cc1P(=O)(O)OCC)C2(C)C. The average molecular weight is 1090 g/mol. The van der Waals surface area contributed by atoms with E-state index in [-0.39, 0.29) is 97.1 Å². The number of pyridine rings is 2. The molecule has 4 N–H and O–H groups in total. The van der Waals surface area contributed by atoms with Crippen molar-refractivity contribution in [1.82, 2.24) is 9.97 Å². The first-order valence-electron chi connectivity index (χ1n) is 23.9. The van der Waals surface area contributed by atoms with Crippen LogP contribution in [-0.2, 0) is 73.6 Å². The summed E-state index contributed by atoms with van der Waals surface area (Å²) in [6.07, 6.45) is 0. The van der Waals surface area contributed by atoms with E-state index >= 15 is 0 Å². The zero-order valence-corrected chi connectivity index (χ0v) is 46.0. The van der Waals surface area contributed by atoms with Gasteiger partial charge in [-0.3, -0.25) is 28.2 Å². The van der Waals surface area contributed by atoms with E-state index in [1.54, 1.807) is 113 Å². The lowest BCUT2D eigenvalue weighted by atomic mass is 9.78. The van der Waals surface area contributed by atoms with Gasteiger partial charge in [0.25, 0.3) is 0 Å². The minimum Gasteiger partial charge on any atom is -0.486 e. The van der Waals surface area contributed by atoms with Gasteiger partial charge in [0.1, 0.15) is 70.6 Å². The Morgan fingerprint density at radius 3 is 0.824 bits per heavy atom. The van der Waals surface area contributed by atoms with Crippen LogP contribution in [0, 0.1) is 0 Å². The van der Waals surface area contributed by atoms with Gasteiger partial charge in [0.05, 0.1) is 49.2 Å². The van der Waals surface area contributed by atoms with Crippen LogP contribution < -0.4 is 40.2 Å². The lowest BCUT2D eigenvalue weighted by Crippen LogP contribution is -2.24. The van der Waals surface area contributed by atoms with Gasteiger partial charge in [0, 0.05) is 10.8 Å². The van der Waals surface area contributed by atoms with Gasteiger partial charge in [0.15, 0.2) is 0 Å². The fourth-order valence-electron chi connectivity index (χ4n) is 8.29. The van der Waals surface area contributed by atoms with Gasteiger partial charge in [-0.05, 0) is 123 Å². The van der Waals surface area contributed by atoms with Gasteiger partial charge in [-0.1, -0.05) is 64.1 Å². The molecule has 0 radical (unpaired) electrons. The normalized spacial score (nSPS) is 17.9. The van der Waals surface area contributed by atoms with E-state index in [0.29, 0.717) is 45.0 Å². The molecule has 12 bridgehead atoms. The van der Waals surface area contributed by atoms with Crippen LogP contribution in [0.15, 0.2) is 109 Å². The summed E-state index contributed by atoms with van der Waals surface area (Å²) in [5, 5.41) is -0.459. The predicted molar refractivity (Wildman–Crippen MR) is 280 cm³/mol. The molecule has 2 aromatic heterocycles. The fraction of sp³-hybridized carbons (Fsp3) is 0.346. The molecule has 0 spiro atoms. The molecule has 22 heteroatoms. The number of nitrogens with zero attached hydrogens (tertiary/aromatic N) is 2. The number of rotatable bonds is 12. The molecule has 10 aliphatic rings. The van der Waals surface area contributed by atoms with Crippen LogP contribution in [0.3, 0.4) is 0 Å². The summed E-state index contributed by atoms with van der Waals surface area (Å²) in [6.45, 7) is 12.8. The number of aromatic nitrogens is 2. The zero-order valence-electron chi connectivity index (χ0n) is 42.4. The quantitative estimate of drug-likeness (QED) is 0.0834. The summed E-state index contributed by atoms with van der Waals surface area (Å²) >= 11 is 0. The Bertz CT molecular complexity index is 2790. The molecule has 0 aliphatic carbocycles. The Hall–Kier alpha value is -5.02. The maximum atomic E-state index is 13.9. The highest BCUT2D eigenvalue weighted by molar-refractivity contribution is 7.62. The van der Waals surface area contributed by atoms with Crippen LogP contribution >= 0.6 is 30.4 Å². The second kappa shape index (κ2) is 23.1. The molecule has 12 heterocycles. The highest BCUT2D eigenvalue weighted by Crippen LogP contribution is 2.50. The zero-order chi connectivity index (χ0) is 53.7. The van der Waals surface area contributed by atoms with Crippen LogP contribution in [-0.4, -0.2) is 56.0 Å². The first kappa shape index (κ1) is 56.7. The Morgan fingerprint density at radius 2 is 0.622 bits per heavy atom. The second-order valence-corrected chi connectivity index (χ2v) is 25.3. The van der Waals surface area contributed by atoms with Crippen LogP contribution in [0.5, 0.6) is 23.0 Å². The summed E-state index contributed by atoms with van der Waals surface area (Å²) < 4.78 is 102. The Morgan fingerprint density at radius 1 is 0.405 bits per heavy atom. The molecule has 0 amide bonds. The highest BCUT2D eigenvalue weighted by Gasteiger charge is 2.36. The summed E-state index contributed by atoms with van der Waals surface area (Å²) in [4.78, 5) is 54.6. The van der Waals surface area contributed by atoms with Crippen LogP contribution in [0.25, 0.3) is 0 Å². The van der Waals surface area contributed by atoms with E-state index in [2.05, 4.69) is 9.97 Å². The van der Waals surface area contributed by atoms with Crippen LogP contribution in [0.2, 0.25) is 0 Å². The van der Waals surface area contributed by atoms with E-state index in [1.807, 2.05) is 27.7 Å². The first-order valence-corrected chi connectivity index (χ1v) is 30.2. The Balaban J connectivity index is 1.35. The van der Waals surface area contributed by atoms with Crippen LogP contribution in [0.1, 0.15) is 100 Å². The molecule has 6 aromatic rings. The molecule has 0 saturated heterocycles. The van der Waals surface area contributed by atoms with Crippen molar-refractivity contribution in [2.75, 3.05) is 26.4 Å². The monoisotopic (exact) mass is 1090 g/mol. The van der Waals surface area contributed by atoms with Gasteiger partial charge in [-0.25, -0.2) is 0 Å². The predicted octanol–water partition coefficient (Wildman–Crippen LogP) is 9.15. The van der Waals surface area contributed by atoms with E-state index in [4.69, 9.17) is 37.0 Å². The summed E-state index contributed by atoms with van der Waals surface area (Å²) in [6, 6.07) is 29.4. The third-order valence-electron chi connectivity index (χ3n) is 12.4. The Kier molecular flexibility index (Phi) is 17.7. The lowest BCUT2D eigenvalue weighted by Gasteiger charge is -2.29. The van der Waals surface area contributed by atoms with Crippen LogP contribution in [0.4, 0.5) is 0 Å². The second-order valence-electron chi connectivity index (χ2n) is 18.1. The average Bonchev–Trinajstić information content (AvgIpc) is 3.35. The van der Waals surface area contributed by atoms with E-state index in [9.17, 15) is 37.8 Å². The van der Waals surface area contributed by atoms with Crippen molar-refractivity contribution in [3.63, 3.8) is 0 Å². The smallest absolute Gasteiger partial charge is 0.362 e. The molecule has 16 rings (SSSR count). The molecular formula is C52H62N2O16P4. The molecule has 18 nitrogen and oxygen atoms in total.